The van der Waals surface area contributed by atoms with Gasteiger partial charge in [0.1, 0.15) is 0 Å². The van der Waals surface area contributed by atoms with Gasteiger partial charge in [0.25, 0.3) is 0 Å². The minimum atomic E-state index is 0.354. The molecule has 0 aromatic carbocycles. The van der Waals surface area contributed by atoms with Crippen molar-refractivity contribution in [3.05, 3.63) is 16.1 Å². The molecule has 3 nitrogen and oxygen atoms in total. The highest BCUT2D eigenvalue weighted by molar-refractivity contribution is 7.09. The third-order valence-corrected chi connectivity index (χ3v) is 5.77. The van der Waals surface area contributed by atoms with Crippen molar-refractivity contribution < 1.29 is 4.74 Å². The van der Waals surface area contributed by atoms with E-state index in [0.29, 0.717) is 11.5 Å². The summed E-state index contributed by atoms with van der Waals surface area (Å²) in [7, 11) is 2.07. The van der Waals surface area contributed by atoms with Crippen molar-refractivity contribution in [3.63, 3.8) is 0 Å². The Morgan fingerprint density at radius 2 is 2.37 bits per heavy atom. The molecule has 0 bridgehead atoms. The van der Waals surface area contributed by atoms with Gasteiger partial charge in [0.15, 0.2) is 0 Å². The predicted molar refractivity (Wildman–Crippen MR) is 78.6 cm³/mol. The summed E-state index contributed by atoms with van der Waals surface area (Å²) in [5.41, 5.74) is 3.54. The van der Waals surface area contributed by atoms with Crippen molar-refractivity contribution >= 4 is 11.3 Å². The van der Waals surface area contributed by atoms with Gasteiger partial charge in [0.2, 0.25) is 0 Å². The first-order valence-electron chi connectivity index (χ1n) is 7.40. The number of ether oxygens (including phenoxy) is 1. The van der Waals surface area contributed by atoms with Crippen molar-refractivity contribution in [1.82, 2.24) is 10.3 Å². The summed E-state index contributed by atoms with van der Waals surface area (Å²) < 4.78 is 6.09. The Hall–Kier alpha value is -0.450. The van der Waals surface area contributed by atoms with E-state index in [-0.39, 0.29) is 0 Å². The van der Waals surface area contributed by atoms with Crippen LogP contribution < -0.4 is 5.32 Å². The van der Waals surface area contributed by atoms with Crippen LogP contribution in [0.15, 0.2) is 5.51 Å². The Morgan fingerprint density at radius 3 is 3.00 bits per heavy atom. The topological polar surface area (TPSA) is 34.2 Å². The molecule has 106 valence electrons. The highest BCUT2D eigenvalue weighted by Crippen LogP contribution is 2.49. The molecule has 2 heterocycles. The molecule has 19 heavy (non-hydrogen) atoms. The molecule has 0 amide bonds. The number of hydrogen-bond donors (Lipinski definition) is 1. The second-order valence-corrected chi connectivity index (χ2v) is 7.07. The van der Waals surface area contributed by atoms with Gasteiger partial charge in [-0.25, -0.2) is 4.98 Å². The average Bonchev–Trinajstić information content (AvgIpc) is 3.03. The van der Waals surface area contributed by atoms with Crippen molar-refractivity contribution in [2.45, 2.75) is 45.1 Å². The van der Waals surface area contributed by atoms with E-state index in [1.165, 1.54) is 36.3 Å². The SMILES string of the molecule is CNCC1(CCc2scnc2C)CCOC1C1CC1. The van der Waals surface area contributed by atoms with Gasteiger partial charge in [-0.3, -0.25) is 0 Å². The zero-order chi connectivity index (χ0) is 13.3. The monoisotopic (exact) mass is 280 g/mol. The summed E-state index contributed by atoms with van der Waals surface area (Å²) >= 11 is 1.80. The average molecular weight is 280 g/mol. The summed E-state index contributed by atoms with van der Waals surface area (Å²) in [5, 5.41) is 3.42. The van der Waals surface area contributed by atoms with Crippen LogP contribution in [0.2, 0.25) is 0 Å². The molecule has 1 saturated carbocycles. The fraction of sp³-hybridized carbons (Fsp3) is 0.800. The van der Waals surface area contributed by atoms with E-state index in [2.05, 4.69) is 24.3 Å². The van der Waals surface area contributed by atoms with Gasteiger partial charge >= 0.3 is 0 Å². The van der Waals surface area contributed by atoms with E-state index in [1.807, 2.05) is 5.51 Å². The van der Waals surface area contributed by atoms with E-state index in [4.69, 9.17) is 4.74 Å². The summed E-state index contributed by atoms with van der Waals surface area (Å²) in [5.74, 6) is 0.832. The third-order valence-electron chi connectivity index (χ3n) is 4.77. The number of nitrogens with zero attached hydrogens (tertiary/aromatic N) is 1. The van der Waals surface area contributed by atoms with Gasteiger partial charge in [-0.15, -0.1) is 11.3 Å². The number of rotatable bonds is 6. The molecule has 1 aliphatic carbocycles. The normalized spacial score (nSPS) is 30.9. The lowest BCUT2D eigenvalue weighted by Crippen LogP contribution is -2.41. The maximum atomic E-state index is 6.09. The maximum absolute atomic E-state index is 6.09. The molecule has 3 rings (SSSR count). The lowest BCUT2D eigenvalue weighted by atomic mass is 9.75. The highest BCUT2D eigenvalue weighted by Gasteiger charge is 2.50. The highest BCUT2D eigenvalue weighted by atomic mass is 32.1. The molecule has 2 aliphatic rings. The van der Waals surface area contributed by atoms with Crippen LogP contribution in [0.25, 0.3) is 0 Å². The van der Waals surface area contributed by atoms with Gasteiger partial charge < -0.3 is 10.1 Å². The van der Waals surface area contributed by atoms with Gasteiger partial charge in [-0.2, -0.15) is 0 Å². The lowest BCUT2D eigenvalue weighted by Gasteiger charge is -2.34. The first-order valence-corrected chi connectivity index (χ1v) is 8.28. The number of hydrogen-bond acceptors (Lipinski definition) is 4. The van der Waals surface area contributed by atoms with E-state index in [0.717, 1.165) is 25.5 Å². The van der Waals surface area contributed by atoms with E-state index < -0.39 is 0 Å². The van der Waals surface area contributed by atoms with Crippen molar-refractivity contribution in [2.75, 3.05) is 20.2 Å². The van der Waals surface area contributed by atoms with Crippen molar-refractivity contribution in [1.29, 1.82) is 0 Å². The van der Waals surface area contributed by atoms with Crippen molar-refractivity contribution in [2.24, 2.45) is 11.3 Å². The van der Waals surface area contributed by atoms with E-state index in [1.54, 1.807) is 11.3 Å². The van der Waals surface area contributed by atoms with Crippen LogP contribution in [0.4, 0.5) is 0 Å². The van der Waals surface area contributed by atoms with Gasteiger partial charge in [0, 0.05) is 23.4 Å². The Balaban J connectivity index is 1.71. The lowest BCUT2D eigenvalue weighted by molar-refractivity contribution is 0.0276. The molecule has 0 spiro atoms. The molecule has 1 aromatic heterocycles. The van der Waals surface area contributed by atoms with Crippen LogP contribution >= 0.6 is 11.3 Å². The summed E-state index contributed by atoms with van der Waals surface area (Å²) in [6, 6.07) is 0. The molecule has 2 atom stereocenters. The predicted octanol–water partition coefficient (Wildman–Crippen LogP) is 2.79. The Morgan fingerprint density at radius 1 is 1.53 bits per heavy atom. The summed E-state index contributed by atoms with van der Waals surface area (Å²) in [6.07, 6.45) is 6.84. The van der Waals surface area contributed by atoms with Crippen LogP contribution in [0, 0.1) is 18.3 Å². The first-order chi connectivity index (χ1) is 9.25. The number of aromatic nitrogens is 1. The number of aryl methyl sites for hydroxylation is 2. The molecule has 4 heteroatoms. The largest absolute Gasteiger partial charge is 0.377 e. The zero-order valence-corrected chi connectivity index (χ0v) is 12.8. The van der Waals surface area contributed by atoms with Crippen LogP contribution in [-0.4, -0.2) is 31.3 Å². The Labute approximate surface area is 119 Å². The molecule has 1 aliphatic heterocycles. The van der Waals surface area contributed by atoms with Crippen LogP contribution in [0.3, 0.4) is 0 Å². The third kappa shape index (κ3) is 2.71. The smallest absolute Gasteiger partial charge is 0.0797 e. The number of nitrogens with one attached hydrogen (secondary N) is 1. The fourth-order valence-electron chi connectivity index (χ4n) is 3.57. The van der Waals surface area contributed by atoms with Crippen LogP contribution in [0.5, 0.6) is 0 Å². The van der Waals surface area contributed by atoms with Gasteiger partial charge in [-0.05, 0) is 52.0 Å². The Bertz CT molecular complexity index is 430. The molecule has 2 fully saturated rings. The molecule has 1 N–H and O–H groups in total. The second kappa shape index (κ2) is 5.51. The Kier molecular flexibility index (Phi) is 3.92. The van der Waals surface area contributed by atoms with E-state index >= 15 is 0 Å². The minimum absolute atomic E-state index is 0.354. The quantitative estimate of drug-likeness (QED) is 0.870. The molecular weight excluding hydrogens is 256 g/mol. The molecule has 1 aromatic rings. The van der Waals surface area contributed by atoms with Crippen LogP contribution in [-0.2, 0) is 11.2 Å². The molecule has 2 unspecified atom stereocenters. The first kappa shape index (κ1) is 13.5. The molecule has 0 radical (unpaired) electrons. The second-order valence-electron chi connectivity index (χ2n) is 6.13. The van der Waals surface area contributed by atoms with Gasteiger partial charge in [-0.1, -0.05) is 0 Å². The van der Waals surface area contributed by atoms with E-state index in [9.17, 15) is 0 Å². The van der Waals surface area contributed by atoms with Crippen molar-refractivity contribution in [3.8, 4) is 0 Å². The standard InChI is InChI=1S/C15H24N2OS/c1-11-13(19-10-17-11)5-6-15(9-16-2)7-8-18-14(15)12-3-4-12/h10,12,14,16H,3-9H2,1-2H3. The zero-order valence-electron chi connectivity index (χ0n) is 11.9. The molecule has 1 saturated heterocycles. The maximum Gasteiger partial charge on any atom is 0.0797 e. The summed E-state index contributed by atoms with van der Waals surface area (Å²) in [4.78, 5) is 5.82. The minimum Gasteiger partial charge on any atom is -0.377 e. The summed E-state index contributed by atoms with van der Waals surface area (Å²) in [6.45, 7) is 4.16. The van der Waals surface area contributed by atoms with Gasteiger partial charge in [0.05, 0.1) is 17.3 Å². The fourth-order valence-corrected chi connectivity index (χ4v) is 4.35. The molecular formula is C15H24N2OS. The van der Waals surface area contributed by atoms with Crippen LogP contribution in [0.1, 0.15) is 36.3 Å². The number of thiazole rings is 1.